The average molecular weight is 412 g/mol. The average Bonchev–Trinajstić information content (AvgIpc) is 2.75. The molecule has 0 aliphatic heterocycles. The summed E-state index contributed by atoms with van der Waals surface area (Å²) in [6.45, 7) is 7.79. The Morgan fingerprint density at radius 3 is 1.87 bits per heavy atom. The van der Waals surface area contributed by atoms with E-state index >= 15 is 0 Å². The van der Waals surface area contributed by atoms with Gasteiger partial charge in [-0.15, -0.1) is 0 Å². The maximum absolute atomic E-state index is 13.1. The summed E-state index contributed by atoms with van der Waals surface area (Å²) in [5.41, 5.74) is 3.48. The zero-order chi connectivity index (χ0) is 22.1. The highest BCUT2D eigenvalue weighted by molar-refractivity contribution is 5.84. The molecule has 2 atom stereocenters. The van der Waals surface area contributed by atoms with Gasteiger partial charge in [-0.2, -0.15) is 0 Å². The second kappa shape index (κ2) is 10.9. The Hall–Kier alpha value is -2.66. The monoisotopic (exact) mass is 411 g/mol. The first-order valence-corrected chi connectivity index (χ1v) is 10.6. The third-order valence-corrected chi connectivity index (χ3v) is 5.47. The van der Waals surface area contributed by atoms with E-state index in [1.165, 1.54) is 0 Å². The van der Waals surface area contributed by atoms with E-state index < -0.39 is 23.4 Å². The van der Waals surface area contributed by atoms with Gasteiger partial charge in [0.1, 0.15) is 5.60 Å². The van der Waals surface area contributed by atoms with Crippen LogP contribution in [0.2, 0.25) is 0 Å². The number of nitrogens with one attached hydrogen (secondary N) is 1. The fourth-order valence-electron chi connectivity index (χ4n) is 3.80. The maximum Gasteiger partial charge on any atom is 0.307 e. The molecular formula is C25H33NO4. The molecule has 0 bridgehead atoms. The lowest BCUT2D eigenvalue weighted by molar-refractivity contribution is -0.158. The van der Waals surface area contributed by atoms with E-state index in [4.69, 9.17) is 4.84 Å². The molecule has 0 aliphatic rings. The molecule has 0 saturated heterocycles. The Balaban J connectivity index is 2.28. The number of hydroxylamine groups is 1. The van der Waals surface area contributed by atoms with Crippen LogP contribution in [0.3, 0.4) is 0 Å². The number of amides is 1. The van der Waals surface area contributed by atoms with E-state index in [9.17, 15) is 14.7 Å². The summed E-state index contributed by atoms with van der Waals surface area (Å²) in [7, 11) is 0. The maximum atomic E-state index is 13.1. The van der Waals surface area contributed by atoms with Crippen molar-refractivity contribution in [3.63, 3.8) is 0 Å². The summed E-state index contributed by atoms with van der Waals surface area (Å²) in [5.74, 6) is -2.54. The minimum absolute atomic E-state index is 0.179. The normalized spacial score (nSPS) is 13.6. The van der Waals surface area contributed by atoms with Gasteiger partial charge in [-0.3, -0.25) is 14.4 Å². The Morgan fingerprint density at radius 2 is 1.47 bits per heavy atom. The standard InChI is InChI=1S/C25H33NO4/c1-5-12-21(22(24(28)29)17-18(2)3)23(27)26-30-25(4,19-13-8-6-9-14-19)20-15-10-7-11-16-20/h6-11,13-16,18,21-22H,5,12,17H2,1-4H3,(H,26,27)(H,28,29). The molecule has 0 aromatic heterocycles. The number of carboxylic acids is 1. The zero-order valence-corrected chi connectivity index (χ0v) is 18.3. The molecule has 30 heavy (non-hydrogen) atoms. The van der Waals surface area contributed by atoms with Crippen LogP contribution in [0.5, 0.6) is 0 Å². The number of carboxylic acid groups (broad SMARTS) is 1. The number of hydrogen-bond acceptors (Lipinski definition) is 3. The van der Waals surface area contributed by atoms with E-state index in [0.717, 1.165) is 11.1 Å². The van der Waals surface area contributed by atoms with Crippen LogP contribution in [0.1, 0.15) is 58.1 Å². The molecule has 2 unspecified atom stereocenters. The largest absolute Gasteiger partial charge is 0.481 e. The van der Waals surface area contributed by atoms with Crippen LogP contribution in [0.15, 0.2) is 60.7 Å². The number of carbonyl (C=O) groups excluding carboxylic acids is 1. The molecule has 2 N–H and O–H groups in total. The Bertz CT molecular complexity index is 765. The number of hydrogen-bond donors (Lipinski definition) is 2. The summed E-state index contributed by atoms with van der Waals surface area (Å²) in [6.07, 6.45) is 1.66. The molecule has 5 nitrogen and oxygen atoms in total. The van der Waals surface area contributed by atoms with Gasteiger partial charge in [-0.05, 0) is 36.8 Å². The van der Waals surface area contributed by atoms with E-state index in [2.05, 4.69) is 5.48 Å². The molecule has 2 aromatic carbocycles. The molecule has 5 heteroatoms. The first-order valence-electron chi connectivity index (χ1n) is 10.6. The van der Waals surface area contributed by atoms with E-state index in [1.54, 1.807) is 0 Å². The SMILES string of the molecule is CCCC(C(=O)NOC(C)(c1ccccc1)c1ccccc1)C(CC(C)C)C(=O)O. The highest BCUT2D eigenvalue weighted by Gasteiger charge is 2.36. The van der Waals surface area contributed by atoms with Crippen LogP contribution in [0, 0.1) is 17.8 Å². The summed E-state index contributed by atoms with van der Waals surface area (Å²) in [4.78, 5) is 31.0. The molecule has 2 aromatic rings. The molecule has 1 amide bonds. The first kappa shape index (κ1) is 23.6. The van der Waals surface area contributed by atoms with Crippen molar-refractivity contribution in [2.45, 2.75) is 52.6 Å². The van der Waals surface area contributed by atoms with Crippen molar-refractivity contribution in [3.8, 4) is 0 Å². The van der Waals surface area contributed by atoms with Gasteiger partial charge in [0.05, 0.1) is 11.8 Å². The number of aliphatic carboxylic acids is 1. The van der Waals surface area contributed by atoms with Crippen molar-refractivity contribution in [1.29, 1.82) is 0 Å². The molecule has 162 valence electrons. The Morgan fingerprint density at radius 1 is 0.967 bits per heavy atom. The van der Waals surface area contributed by atoms with Crippen molar-refractivity contribution < 1.29 is 19.5 Å². The minimum atomic E-state index is -0.939. The van der Waals surface area contributed by atoms with Crippen molar-refractivity contribution in [2.75, 3.05) is 0 Å². The van der Waals surface area contributed by atoms with Crippen LogP contribution in [0.4, 0.5) is 0 Å². The first-order chi connectivity index (χ1) is 14.3. The van der Waals surface area contributed by atoms with Gasteiger partial charge in [0.2, 0.25) is 5.91 Å². The smallest absolute Gasteiger partial charge is 0.307 e. The second-order valence-corrected chi connectivity index (χ2v) is 8.30. The number of carbonyl (C=O) groups is 2. The Kier molecular flexibility index (Phi) is 8.60. The van der Waals surface area contributed by atoms with Crippen LogP contribution < -0.4 is 5.48 Å². The van der Waals surface area contributed by atoms with Gasteiger partial charge in [0.25, 0.3) is 0 Å². The van der Waals surface area contributed by atoms with E-state index in [-0.39, 0.29) is 11.8 Å². The molecule has 0 spiro atoms. The third kappa shape index (κ3) is 5.92. The van der Waals surface area contributed by atoms with Crippen molar-refractivity contribution in [2.24, 2.45) is 17.8 Å². The number of benzene rings is 2. The van der Waals surface area contributed by atoms with Gasteiger partial charge in [-0.25, -0.2) is 5.48 Å². The predicted molar refractivity (Wildman–Crippen MR) is 118 cm³/mol. The van der Waals surface area contributed by atoms with Crippen molar-refractivity contribution in [1.82, 2.24) is 5.48 Å². The van der Waals surface area contributed by atoms with E-state index in [1.807, 2.05) is 88.4 Å². The van der Waals surface area contributed by atoms with Crippen LogP contribution in [-0.4, -0.2) is 17.0 Å². The summed E-state index contributed by atoms with van der Waals surface area (Å²) >= 11 is 0. The van der Waals surface area contributed by atoms with Gasteiger partial charge >= 0.3 is 5.97 Å². The second-order valence-electron chi connectivity index (χ2n) is 8.30. The molecule has 0 fully saturated rings. The quantitative estimate of drug-likeness (QED) is 0.501. The van der Waals surface area contributed by atoms with Gasteiger partial charge in [0.15, 0.2) is 0 Å². The third-order valence-electron chi connectivity index (χ3n) is 5.47. The minimum Gasteiger partial charge on any atom is -0.481 e. The lowest BCUT2D eigenvalue weighted by Crippen LogP contribution is -2.43. The zero-order valence-electron chi connectivity index (χ0n) is 18.3. The molecule has 0 radical (unpaired) electrons. The van der Waals surface area contributed by atoms with Crippen LogP contribution in [0.25, 0.3) is 0 Å². The van der Waals surface area contributed by atoms with E-state index in [0.29, 0.717) is 19.3 Å². The van der Waals surface area contributed by atoms with Crippen molar-refractivity contribution in [3.05, 3.63) is 71.8 Å². The Labute approximate surface area is 179 Å². The van der Waals surface area contributed by atoms with Gasteiger partial charge in [-0.1, -0.05) is 87.9 Å². The lowest BCUT2D eigenvalue weighted by atomic mass is 9.82. The number of rotatable bonds is 11. The highest BCUT2D eigenvalue weighted by atomic mass is 16.7. The lowest BCUT2D eigenvalue weighted by Gasteiger charge is -2.32. The topological polar surface area (TPSA) is 75.6 Å². The molecule has 0 saturated carbocycles. The fourth-order valence-corrected chi connectivity index (χ4v) is 3.80. The van der Waals surface area contributed by atoms with Crippen molar-refractivity contribution >= 4 is 11.9 Å². The summed E-state index contributed by atoms with van der Waals surface area (Å²) in [5, 5.41) is 9.73. The molecule has 2 rings (SSSR count). The van der Waals surface area contributed by atoms with Crippen LogP contribution >= 0.6 is 0 Å². The molecule has 0 heterocycles. The summed E-state index contributed by atoms with van der Waals surface area (Å²) in [6, 6.07) is 19.3. The van der Waals surface area contributed by atoms with Gasteiger partial charge < -0.3 is 5.11 Å². The predicted octanol–water partition coefficient (Wildman–Crippen LogP) is 5.16. The highest BCUT2D eigenvalue weighted by Crippen LogP contribution is 2.33. The summed E-state index contributed by atoms with van der Waals surface area (Å²) < 4.78 is 0. The van der Waals surface area contributed by atoms with Gasteiger partial charge in [0, 0.05) is 0 Å². The van der Waals surface area contributed by atoms with Crippen LogP contribution in [-0.2, 0) is 20.0 Å². The molecule has 0 aliphatic carbocycles. The fraction of sp³-hybridized carbons (Fsp3) is 0.440. The molecular weight excluding hydrogens is 378 g/mol.